The molecule has 1 saturated carbocycles. The van der Waals surface area contributed by atoms with Crippen LogP contribution in [-0.2, 0) is 17.8 Å². The predicted octanol–water partition coefficient (Wildman–Crippen LogP) is 2.72. The second-order valence-electron chi connectivity index (χ2n) is 6.49. The van der Waals surface area contributed by atoms with Crippen LogP contribution in [0.25, 0.3) is 5.69 Å². The van der Waals surface area contributed by atoms with Gasteiger partial charge in [-0.15, -0.1) is 0 Å². The van der Waals surface area contributed by atoms with E-state index in [1.54, 1.807) is 6.20 Å². The van der Waals surface area contributed by atoms with Crippen molar-refractivity contribution in [3.8, 4) is 5.69 Å². The van der Waals surface area contributed by atoms with Gasteiger partial charge in [0, 0.05) is 37.0 Å². The summed E-state index contributed by atoms with van der Waals surface area (Å²) in [5.74, 6) is 0.205. The van der Waals surface area contributed by atoms with Crippen LogP contribution in [0, 0.1) is 0 Å². The summed E-state index contributed by atoms with van der Waals surface area (Å²) in [5.41, 5.74) is 3.16. The van der Waals surface area contributed by atoms with Gasteiger partial charge in [0.05, 0.1) is 18.1 Å². The van der Waals surface area contributed by atoms with E-state index in [0.717, 1.165) is 36.1 Å². The molecule has 1 aliphatic carbocycles. The number of rotatable bonds is 7. The summed E-state index contributed by atoms with van der Waals surface area (Å²) in [4.78, 5) is 14.7. The molecular weight excluding hydrogens is 314 g/mol. The van der Waals surface area contributed by atoms with E-state index in [2.05, 4.69) is 15.3 Å². The first kappa shape index (κ1) is 15.6. The van der Waals surface area contributed by atoms with Crippen LogP contribution in [0.4, 0.5) is 0 Å². The highest BCUT2D eigenvalue weighted by Crippen LogP contribution is 2.29. The molecule has 1 fully saturated rings. The maximum absolute atomic E-state index is 12.7. The molecule has 0 spiro atoms. The Kier molecular flexibility index (Phi) is 4.33. The molecule has 6 heteroatoms. The van der Waals surface area contributed by atoms with Crippen LogP contribution in [0.15, 0.2) is 55.1 Å². The van der Waals surface area contributed by atoms with Crippen LogP contribution in [0.2, 0.25) is 0 Å². The number of aromatic nitrogens is 4. The fourth-order valence-electron chi connectivity index (χ4n) is 2.98. The molecule has 4 rings (SSSR count). The molecule has 2 heterocycles. The van der Waals surface area contributed by atoms with E-state index in [0.29, 0.717) is 19.0 Å². The number of aromatic amines is 1. The molecule has 0 saturated heterocycles. The van der Waals surface area contributed by atoms with E-state index in [-0.39, 0.29) is 5.91 Å². The molecule has 1 aliphatic rings. The molecule has 128 valence electrons. The largest absolute Gasteiger partial charge is 0.335 e. The fourth-order valence-corrected chi connectivity index (χ4v) is 2.98. The summed E-state index contributed by atoms with van der Waals surface area (Å²) in [6, 6.07) is 10.4. The van der Waals surface area contributed by atoms with E-state index in [1.165, 1.54) is 0 Å². The van der Waals surface area contributed by atoms with Gasteiger partial charge in [-0.2, -0.15) is 10.2 Å². The van der Waals surface area contributed by atoms with Crippen molar-refractivity contribution in [2.24, 2.45) is 0 Å². The number of aryl methyl sites for hydroxylation is 1. The number of hydrogen-bond donors (Lipinski definition) is 1. The number of nitrogens with one attached hydrogen (secondary N) is 1. The van der Waals surface area contributed by atoms with Crippen LogP contribution >= 0.6 is 0 Å². The summed E-state index contributed by atoms with van der Waals surface area (Å²) in [7, 11) is 0. The third-order valence-corrected chi connectivity index (χ3v) is 4.50. The van der Waals surface area contributed by atoms with E-state index < -0.39 is 0 Å². The lowest BCUT2D eigenvalue weighted by Crippen LogP contribution is -2.32. The van der Waals surface area contributed by atoms with Crippen molar-refractivity contribution in [3.63, 3.8) is 0 Å². The van der Waals surface area contributed by atoms with Crippen molar-refractivity contribution in [1.82, 2.24) is 24.9 Å². The SMILES string of the molecule is O=C(CCc1cn[nH]c1)N(Cc1cnn(-c2ccccc2)c1)C1CC1. The van der Waals surface area contributed by atoms with Gasteiger partial charge >= 0.3 is 0 Å². The Morgan fingerprint density at radius 2 is 2.04 bits per heavy atom. The summed E-state index contributed by atoms with van der Waals surface area (Å²) in [6.45, 7) is 0.627. The van der Waals surface area contributed by atoms with Crippen molar-refractivity contribution < 1.29 is 4.79 Å². The molecule has 3 aromatic rings. The number of H-pyrrole nitrogens is 1. The van der Waals surface area contributed by atoms with Crippen molar-refractivity contribution in [3.05, 3.63) is 66.2 Å². The van der Waals surface area contributed by atoms with Crippen LogP contribution in [0.1, 0.15) is 30.4 Å². The minimum absolute atomic E-state index is 0.205. The van der Waals surface area contributed by atoms with Crippen molar-refractivity contribution in [2.45, 2.75) is 38.3 Å². The van der Waals surface area contributed by atoms with Crippen molar-refractivity contribution in [1.29, 1.82) is 0 Å². The van der Waals surface area contributed by atoms with Crippen LogP contribution in [-0.4, -0.2) is 36.8 Å². The van der Waals surface area contributed by atoms with E-state index in [9.17, 15) is 4.79 Å². The first-order chi connectivity index (χ1) is 12.3. The zero-order valence-electron chi connectivity index (χ0n) is 14.0. The lowest BCUT2D eigenvalue weighted by Gasteiger charge is -2.21. The Labute approximate surface area is 146 Å². The smallest absolute Gasteiger partial charge is 0.223 e. The van der Waals surface area contributed by atoms with E-state index >= 15 is 0 Å². The summed E-state index contributed by atoms with van der Waals surface area (Å²) >= 11 is 0. The summed E-state index contributed by atoms with van der Waals surface area (Å²) < 4.78 is 1.86. The van der Waals surface area contributed by atoms with Gasteiger partial charge < -0.3 is 4.90 Å². The molecule has 0 radical (unpaired) electrons. The quantitative estimate of drug-likeness (QED) is 0.722. The number of benzene rings is 1. The lowest BCUT2D eigenvalue weighted by molar-refractivity contribution is -0.132. The Balaban J connectivity index is 1.42. The van der Waals surface area contributed by atoms with E-state index in [4.69, 9.17) is 0 Å². The Hall–Kier alpha value is -2.89. The Morgan fingerprint density at radius 1 is 1.20 bits per heavy atom. The predicted molar refractivity (Wildman–Crippen MR) is 94.0 cm³/mol. The van der Waals surface area contributed by atoms with Gasteiger partial charge in [0.25, 0.3) is 0 Å². The average molecular weight is 335 g/mol. The minimum atomic E-state index is 0.205. The van der Waals surface area contributed by atoms with Crippen LogP contribution < -0.4 is 0 Å². The molecule has 1 aromatic carbocycles. The topological polar surface area (TPSA) is 66.8 Å². The molecule has 0 aliphatic heterocycles. The van der Waals surface area contributed by atoms with E-state index in [1.807, 2.05) is 58.5 Å². The maximum atomic E-state index is 12.7. The minimum Gasteiger partial charge on any atom is -0.335 e. The number of amides is 1. The van der Waals surface area contributed by atoms with Crippen molar-refractivity contribution in [2.75, 3.05) is 0 Å². The molecule has 0 bridgehead atoms. The van der Waals surface area contributed by atoms with Gasteiger partial charge in [0.1, 0.15) is 0 Å². The standard InChI is InChI=1S/C19H21N5O/c25-19(9-6-15-10-20-21-11-15)23(17-7-8-17)13-16-12-22-24(14-16)18-4-2-1-3-5-18/h1-5,10-12,14,17H,6-9,13H2,(H,20,21). The molecule has 1 amide bonds. The number of para-hydroxylation sites is 1. The number of hydrogen-bond acceptors (Lipinski definition) is 3. The van der Waals surface area contributed by atoms with Crippen molar-refractivity contribution >= 4 is 5.91 Å². The monoisotopic (exact) mass is 335 g/mol. The Bertz CT molecular complexity index is 821. The number of nitrogens with zero attached hydrogens (tertiary/aromatic N) is 4. The van der Waals surface area contributed by atoms with Crippen LogP contribution in [0.3, 0.4) is 0 Å². The Morgan fingerprint density at radius 3 is 2.76 bits per heavy atom. The second-order valence-corrected chi connectivity index (χ2v) is 6.49. The van der Waals surface area contributed by atoms with Crippen LogP contribution in [0.5, 0.6) is 0 Å². The number of carbonyl (C=O) groups is 1. The molecule has 6 nitrogen and oxygen atoms in total. The number of carbonyl (C=O) groups excluding carboxylic acids is 1. The van der Waals surface area contributed by atoms with Gasteiger partial charge in [-0.3, -0.25) is 9.89 Å². The molecular formula is C19H21N5O. The van der Waals surface area contributed by atoms with Gasteiger partial charge in [0.15, 0.2) is 0 Å². The van der Waals surface area contributed by atoms with Gasteiger partial charge in [-0.1, -0.05) is 18.2 Å². The third-order valence-electron chi connectivity index (χ3n) is 4.50. The highest BCUT2D eigenvalue weighted by Gasteiger charge is 2.32. The molecule has 2 aromatic heterocycles. The fraction of sp³-hybridized carbons (Fsp3) is 0.316. The maximum Gasteiger partial charge on any atom is 0.223 e. The molecule has 25 heavy (non-hydrogen) atoms. The first-order valence-electron chi connectivity index (χ1n) is 8.66. The molecule has 0 atom stereocenters. The highest BCUT2D eigenvalue weighted by molar-refractivity contribution is 5.77. The summed E-state index contributed by atoms with van der Waals surface area (Å²) in [6.07, 6.45) is 10.9. The van der Waals surface area contributed by atoms with Gasteiger partial charge in [-0.05, 0) is 37.0 Å². The zero-order valence-corrected chi connectivity index (χ0v) is 14.0. The zero-order chi connectivity index (χ0) is 17.1. The normalized spacial score (nSPS) is 13.8. The summed E-state index contributed by atoms with van der Waals surface area (Å²) in [5, 5.41) is 11.2. The lowest BCUT2D eigenvalue weighted by atomic mass is 10.2. The highest BCUT2D eigenvalue weighted by atomic mass is 16.2. The third kappa shape index (κ3) is 3.79. The van der Waals surface area contributed by atoms with Gasteiger partial charge in [-0.25, -0.2) is 4.68 Å². The first-order valence-corrected chi connectivity index (χ1v) is 8.66. The second kappa shape index (κ2) is 6.93. The average Bonchev–Trinajstić information content (AvgIpc) is 3.16. The molecule has 0 unspecified atom stereocenters. The van der Waals surface area contributed by atoms with Gasteiger partial charge in [0.2, 0.25) is 5.91 Å². The molecule has 1 N–H and O–H groups in total.